The second-order valence-electron chi connectivity index (χ2n) is 10.1. The molecule has 5 rings (SSSR count). The second-order valence-corrected chi connectivity index (χ2v) is 10.1. The number of carbonyl (C=O) groups is 2. The van der Waals surface area contributed by atoms with Crippen LogP contribution in [0, 0.1) is 0 Å². The molecule has 0 aliphatic carbocycles. The number of likely N-dealkylation sites (tertiary alicyclic amines) is 1. The van der Waals surface area contributed by atoms with E-state index >= 15 is 0 Å². The number of hydrogen-bond acceptors (Lipinski definition) is 5. The van der Waals surface area contributed by atoms with E-state index in [1.807, 2.05) is 12.1 Å². The van der Waals surface area contributed by atoms with Gasteiger partial charge in [-0.15, -0.1) is 0 Å². The molecule has 0 aromatic carbocycles. The molecule has 4 aliphatic rings. The molecule has 0 saturated carbocycles. The van der Waals surface area contributed by atoms with Gasteiger partial charge in [0.05, 0.1) is 11.9 Å². The van der Waals surface area contributed by atoms with Crippen LogP contribution < -0.4 is 4.90 Å². The highest BCUT2D eigenvalue weighted by Crippen LogP contribution is 2.44. The molecule has 192 valence electrons. The van der Waals surface area contributed by atoms with Crippen LogP contribution in [-0.4, -0.2) is 70.6 Å². The molecule has 36 heavy (non-hydrogen) atoms. The second kappa shape index (κ2) is 9.76. The van der Waals surface area contributed by atoms with Crippen molar-refractivity contribution in [1.82, 2.24) is 14.8 Å². The Hall–Kier alpha value is -3.07. The van der Waals surface area contributed by atoms with Gasteiger partial charge in [-0.2, -0.15) is 0 Å². The normalized spacial score (nSPS) is 26.2. The largest absolute Gasteiger partial charge is 0.357 e. The van der Waals surface area contributed by atoms with E-state index in [4.69, 9.17) is 4.74 Å². The van der Waals surface area contributed by atoms with E-state index in [1.165, 1.54) is 13.0 Å². The topological polar surface area (TPSA) is 66.0 Å². The highest BCUT2D eigenvalue weighted by atomic mass is 19.1. The first-order valence-corrected chi connectivity index (χ1v) is 12.7. The lowest BCUT2D eigenvalue weighted by molar-refractivity contribution is -0.142. The van der Waals surface area contributed by atoms with Crippen molar-refractivity contribution in [3.05, 3.63) is 59.9 Å². The zero-order valence-corrected chi connectivity index (χ0v) is 20.6. The summed E-state index contributed by atoms with van der Waals surface area (Å²) in [5.74, 6) is -0.821. The molecule has 5 heterocycles. The summed E-state index contributed by atoms with van der Waals surface area (Å²) in [6.07, 6.45) is 5.87. The fraction of sp³-hybridized carbons (Fsp3) is 0.519. The number of anilines is 1. The van der Waals surface area contributed by atoms with Gasteiger partial charge in [0.15, 0.2) is 5.60 Å². The molecular formula is C27H32F2N4O3. The molecule has 1 aromatic rings. The maximum Gasteiger partial charge on any atom is 0.272 e. The summed E-state index contributed by atoms with van der Waals surface area (Å²) in [7, 11) is 0. The Morgan fingerprint density at radius 3 is 2.56 bits per heavy atom. The van der Waals surface area contributed by atoms with Gasteiger partial charge < -0.3 is 19.4 Å². The van der Waals surface area contributed by atoms with Gasteiger partial charge in [-0.05, 0) is 56.4 Å². The number of rotatable bonds is 5. The average Bonchev–Trinajstić information content (AvgIpc) is 3.58. The van der Waals surface area contributed by atoms with E-state index in [1.54, 1.807) is 15.9 Å². The lowest BCUT2D eigenvalue weighted by atomic mass is 9.89. The van der Waals surface area contributed by atoms with Crippen LogP contribution >= 0.6 is 0 Å². The summed E-state index contributed by atoms with van der Waals surface area (Å²) in [6, 6.07) is 5.15. The van der Waals surface area contributed by atoms with Crippen LogP contribution in [0.1, 0.15) is 55.9 Å². The Kier molecular flexibility index (Phi) is 6.68. The molecule has 4 aliphatic heterocycles. The van der Waals surface area contributed by atoms with Gasteiger partial charge in [0, 0.05) is 45.1 Å². The SMILES string of the molecule is C=C(/C=C(F)\C=C(/C)F)[C@@H]1CC[C@H]2OC3(CCN(C(=O)c4cccc(N5CCCC5)n4)CC3)C(=O)N21. The first kappa shape index (κ1) is 24.6. The standard InChI is InChI=1S/C27H32F2N4O3/c1-18(16-20(29)17-19(2)28)22-8-9-24-33(22)26(35)27(36-24)10-14-32(15-11-27)25(34)21-6-5-7-23(30-21)31-12-3-4-13-31/h5-7,16-17,22,24H,1,3-4,8-15H2,2H3/b19-17+,20-16+/t22-,24+/m0/s1. The maximum absolute atomic E-state index is 14.0. The van der Waals surface area contributed by atoms with E-state index in [0.29, 0.717) is 50.0 Å². The fourth-order valence-corrected chi connectivity index (χ4v) is 5.81. The molecular weight excluding hydrogens is 466 g/mol. The third-order valence-electron chi connectivity index (χ3n) is 7.65. The summed E-state index contributed by atoms with van der Waals surface area (Å²) in [6.45, 7) is 7.79. The van der Waals surface area contributed by atoms with Crippen LogP contribution in [0.25, 0.3) is 0 Å². The van der Waals surface area contributed by atoms with Gasteiger partial charge in [-0.1, -0.05) is 12.6 Å². The predicted octanol–water partition coefficient (Wildman–Crippen LogP) is 4.29. The quantitative estimate of drug-likeness (QED) is 0.567. The molecule has 0 bridgehead atoms. The van der Waals surface area contributed by atoms with E-state index in [9.17, 15) is 18.4 Å². The van der Waals surface area contributed by atoms with Crippen LogP contribution in [0.3, 0.4) is 0 Å². The number of pyridine rings is 1. The summed E-state index contributed by atoms with van der Waals surface area (Å²) in [4.78, 5) is 36.9. The van der Waals surface area contributed by atoms with Crippen molar-refractivity contribution in [2.45, 2.75) is 63.3 Å². The van der Waals surface area contributed by atoms with Crippen molar-refractivity contribution in [3.63, 3.8) is 0 Å². The minimum absolute atomic E-state index is 0.136. The Morgan fingerprint density at radius 2 is 1.86 bits per heavy atom. The summed E-state index contributed by atoms with van der Waals surface area (Å²) < 4.78 is 33.3. The molecule has 1 aromatic heterocycles. The molecule has 0 radical (unpaired) electrons. The number of amides is 2. The van der Waals surface area contributed by atoms with E-state index in [0.717, 1.165) is 37.8 Å². The number of fused-ring (bicyclic) bond motifs is 1. The van der Waals surface area contributed by atoms with Crippen molar-refractivity contribution < 1.29 is 23.1 Å². The minimum atomic E-state index is -0.983. The number of aromatic nitrogens is 1. The number of carbonyl (C=O) groups excluding carboxylic acids is 2. The highest BCUT2D eigenvalue weighted by Gasteiger charge is 2.58. The van der Waals surface area contributed by atoms with Crippen LogP contribution in [0.2, 0.25) is 0 Å². The summed E-state index contributed by atoms with van der Waals surface area (Å²) in [5, 5.41) is 0. The van der Waals surface area contributed by atoms with Gasteiger partial charge in [0.25, 0.3) is 11.8 Å². The van der Waals surface area contributed by atoms with Crippen molar-refractivity contribution in [2.24, 2.45) is 0 Å². The van der Waals surface area contributed by atoms with Crippen molar-refractivity contribution in [2.75, 3.05) is 31.1 Å². The minimum Gasteiger partial charge on any atom is -0.357 e. The molecule has 0 N–H and O–H groups in total. The maximum atomic E-state index is 14.0. The van der Waals surface area contributed by atoms with Gasteiger partial charge in [-0.3, -0.25) is 9.59 Å². The van der Waals surface area contributed by atoms with E-state index in [2.05, 4.69) is 16.5 Å². The van der Waals surface area contributed by atoms with Gasteiger partial charge in [-0.25, -0.2) is 13.8 Å². The third-order valence-corrected chi connectivity index (χ3v) is 7.65. The smallest absolute Gasteiger partial charge is 0.272 e. The van der Waals surface area contributed by atoms with Crippen LogP contribution in [0.4, 0.5) is 14.6 Å². The number of hydrogen-bond donors (Lipinski definition) is 0. The summed E-state index contributed by atoms with van der Waals surface area (Å²) in [5.41, 5.74) is -0.154. The zero-order chi connectivity index (χ0) is 25.4. The predicted molar refractivity (Wildman–Crippen MR) is 131 cm³/mol. The van der Waals surface area contributed by atoms with Crippen molar-refractivity contribution in [3.8, 4) is 0 Å². The first-order valence-electron chi connectivity index (χ1n) is 12.7. The Bertz CT molecular complexity index is 1120. The van der Waals surface area contributed by atoms with E-state index in [-0.39, 0.29) is 11.8 Å². The van der Waals surface area contributed by atoms with E-state index < -0.39 is 29.5 Å². The lowest BCUT2D eigenvalue weighted by Crippen LogP contribution is -2.52. The number of halogens is 2. The molecule has 2 atom stereocenters. The number of nitrogens with zero attached hydrogens (tertiary/aromatic N) is 4. The summed E-state index contributed by atoms with van der Waals surface area (Å²) >= 11 is 0. The monoisotopic (exact) mass is 498 g/mol. The fourth-order valence-electron chi connectivity index (χ4n) is 5.81. The Morgan fingerprint density at radius 1 is 1.14 bits per heavy atom. The van der Waals surface area contributed by atoms with Gasteiger partial charge in [0.1, 0.15) is 23.6 Å². The Balaban J connectivity index is 1.24. The van der Waals surface area contributed by atoms with Gasteiger partial charge in [0.2, 0.25) is 0 Å². The van der Waals surface area contributed by atoms with Crippen LogP contribution in [-0.2, 0) is 9.53 Å². The highest BCUT2D eigenvalue weighted by molar-refractivity contribution is 5.93. The molecule has 0 unspecified atom stereocenters. The molecule has 9 heteroatoms. The van der Waals surface area contributed by atoms with Crippen LogP contribution in [0.5, 0.6) is 0 Å². The Labute approximate surface area is 210 Å². The lowest BCUT2D eigenvalue weighted by Gasteiger charge is -2.37. The molecule has 7 nitrogen and oxygen atoms in total. The first-order chi connectivity index (χ1) is 17.3. The van der Waals surface area contributed by atoms with Crippen molar-refractivity contribution in [1.29, 1.82) is 0 Å². The molecule has 2 amide bonds. The van der Waals surface area contributed by atoms with Crippen molar-refractivity contribution >= 4 is 17.6 Å². The van der Waals surface area contributed by atoms with Crippen LogP contribution in [0.15, 0.2) is 54.2 Å². The third kappa shape index (κ3) is 4.56. The number of piperidine rings is 1. The van der Waals surface area contributed by atoms with Gasteiger partial charge >= 0.3 is 0 Å². The zero-order valence-electron chi connectivity index (χ0n) is 20.6. The average molecular weight is 499 g/mol. The molecule has 4 saturated heterocycles. The number of ether oxygens (including phenoxy) is 1. The number of allylic oxidation sites excluding steroid dienone is 3. The molecule has 4 fully saturated rings. The molecule has 1 spiro atoms.